The van der Waals surface area contributed by atoms with E-state index in [1.54, 1.807) is 7.11 Å². The molecule has 0 atom stereocenters. The lowest BCUT2D eigenvalue weighted by Crippen LogP contribution is -2.04. The first-order valence-electron chi connectivity index (χ1n) is 6.72. The van der Waals surface area contributed by atoms with Gasteiger partial charge in [-0.1, -0.05) is 36.4 Å². The molecule has 0 heterocycles. The van der Waals surface area contributed by atoms with Crippen molar-refractivity contribution in [1.29, 1.82) is 0 Å². The highest BCUT2D eigenvalue weighted by atomic mass is 16.5. The molecule has 0 fully saturated rings. The number of benzene rings is 2. The Hall–Kier alpha value is -2.13. The van der Waals surface area contributed by atoms with Crippen LogP contribution >= 0.6 is 0 Å². The number of hydrogen-bond donors (Lipinski definition) is 1. The largest absolute Gasteiger partial charge is 0.497 e. The smallest absolute Gasteiger partial charge is 0.162 e. The summed E-state index contributed by atoms with van der Waals surface area (Å²) in [6.45, 7) is 0.551. The van der Waals surface area contributed by atoms with Crippen LogP contribution in [0.2, 0.25) is 0 Å². The summed E-state index contributed by atoms with van der Waals surface area (Å²) in [7, 11) is 1.65. The summed E-state index contributed by atoms with van der Waals surface area (Å²) in [6.07, 6.45) is 1.25. The van der Waals surface area contributed by atoms with E-state index in [0.29, 0.717) is 13.0 Å². The van der Waals surface area contributed by atoms with Crippen LogP contribution < -0.4 is 10.5 Å². The first kappa shape index (κ1) is 14.3. The first-order valence-corrected chi connectivity index (χ1v) is 6.72. The number of ether oxygens (including phenoxy) is 1. The standard InChI is InChI=1S/C17H19NO2/c1-20-16-10-8-14(9-11-16)13-4-6-15(7-5-13)17(19)3-2-12-18/h4-11H,2-3,12,18H2,1H3. The highest BCUT2D eigenvalue weighted by molar-refractivity contribution is 5.96. The fourth-order valence-corrected chi connectivity index (χ4v) is 2.04. The molecular formula is C17H19NO2. The van der Waals surface area contributed by atoms with Gasteiger partial charge in [0.25, 0.3) is 0 Å². The van der Waals surface area contributed by atoms with Gasteiger partial charge in [0.15, 0.2) is 5.78 Å². The summed E-state index contributed by atoms with van der Waals surface area (Å²) in [5, 5.41) is 0. The van der Waals surface area contributed by atoms with Crippen LogP contribution in [0.25, 0.3) is 11.1 Å². The van der Waals surface area contributed by atoms with Gasteiger partial charge in [-0.3, -0.25) is 4.79 Å². The second-order valence-corrected chi connectivity index (χ2v) is 4.62. The zero-order chi connectivity index (χ0) is 14.4. The van der Waals surface area contributed by atoms with Gasteiger partial charge < -0.3 is 10.5 Å². The van der Waals surface area contributed by atoms with E-state index in [1.807, 2.05) is 48.5 Å². The SMILES string of the molecule is COc1ccc(-c2ccc(C(=O)CCCN)cc2)cc1. The van der Waals surface area contributed by atoms with Crippen LogP contribution in [0.4, 0.5) is 0 Å². The number of ketones is 1. The molecule has 3 heteroatoms. The molecule has 0 amide bonds. The molecule has 2 N–H and O–H groups in total. The van der Waals surface area contributed by atoms with Crippen LogP contribution in [0.1, 0.15) is 23.2 Å². The van der Waals surface area contributed by atoms with E-state index in [1.165, 1.54) is 0 Å². The molecular weight excluding hydrogens is 250 g/mol. The van der Waals surface area contributed by atoms with Gasteiger partial charge in [0, 0.05) is 12.0 Å². The Bertz CT molecular complexity index is 559. The summed E-state index contributed by atoms with van der Waals surface area (Å²) in [5.41, 5.74) is 8.35. The van der Waals surface area contributed by atoms with Gasteiger partial charge in [-0.05, 0) is 36.2 Å². The summed E-state index contributed by atoms with van der Waals surface area (Å²) in [6, 6.07) is 15.5. The minimum Gasteiger partial charge on any atom is -0.497 e. The van der Waals surface area contributed by atoms with Crippen molar-refractivity contribution in [2.24, 2.45) is 5.73 Å². The summed E-state index contributed by atoms with van der Waals surface area (Å²) in [4.78, 5) is 11.9. The third kappa shape index (κ3) is 3.45. The van der Waals surface area contributed by atoms with Crippen LogP contribution in [0.3, 0.4) is 0 Å². The zero-order valence-corrected chi connectivity index (χ0v) is 11.6. The molecule has 2 aromatic rings. The van der Waals surface area contributed by atoms with Gasteiger partial charge in [0.1, 0.15) is 5.75 Å². The number of rotatable bonds is 6. The molecule has 104 valence electrons. The average Bonchev–Trinajstić information content (AvgIpc) is 2.53. The van der Waals surface area contributed by atoms with Crippen molar-refractivity contribution in [2.75, 3.05) is 13.7 Å². The Morgan fingerprint density at radius 1 is 1.00 bits per heavy atom. The fourth-order valence-electron chi connectivity index (χ4n) is 2.04. The summed E-state index contributed by atoms with van der Waals surface area (Å²) >= 11 is 0. The highest BCUT2D eigenvalue weighted by Crippen LogP contribution is 2.23. The summed E-state index contributed by atoms with van der Waals surface area (Å²) < 4.78 is 5.14. The van der Waals surface area contributed by atoms with E-state index in [2.05, 4.69) is 0 Å². The Morgan fingerprint density at radius 2 is 1.55 bits per heavy atom. The molecule has 20 heavy (non-hydrogen) atoms. The monoisotopic (exact) mass is 269 g/mol. The third-order valence-electron chi connectivity index (χ3n) is 3.24. The van der Waals surface area contributed by atoms with Crippen LogP contribution in [0.5, 0.6) is 5.75 Å². The highest BCUT2D eigenvalue weighted by Gasteiger charge is 2.05. The lowest BCUT2D eigenvalue weighted by Gasteiger charge is -2.05. The van der Waals surface area contributed by atoms with Gasteiger partial charge in [-0.25, -0.2) is 0 Å². The molecule has 0 aliphatic heterocycles. The van der Waals surface area contributed by atoms with Crippen molar-refractivity contribution < 1.29 is 9.53 Å². The molecule has 2 rings (SSSR count). The number of carbonyl (C=O) groups is 1. The molecule has 0 aromatic heterocycles. The predicted molar refractivity (Wildman–Crippen MR) is 81.0 cm³/mol. The second kappa shape index (κ2) is 6.87. The molecule has 0 spiro atoms. The van der Waals surface area contributed by atoms with Gasteiger partial charge in [-0.2, -0.15) is 0 Å². The normalized spacial score (nSPS) is 10.3. The number of hydrogen-bond acceptors (Lipinski definition) is 3. The molecule has 2 aromatic carbocycles. The van der Waals surface area contributed by atoms with Crippen molar-refractivity contribution in [2.45, 2.75) is 12.8 Å². The van der Waals surface area contributed by atoms with E-state index >= 15 is 0 Å². The van der Waals surface area contributed by atoms with Crippen molar-refractivity contribution in [3.63, 3.8) is 0 Å². The molecule has 0 saturated heterocycles. The zero-order valence-electron chi connectivity index (χ0n) is 11.6. The number of nitrogens with two attached hydrogens (primary N) is 1. The van der Waals surface area contributed by atoms with E-state index in [-0.39, 0.29) is 5.78 Å². The maximum absolute atomic E-state index is 11.9. The number of carbonyl (C=O) groups excluding carboxylic acids is 1. The third-order valence-corrected chi connectivity index (χ3v) is 3.24. The molecule has 0 aliphatic rings. The van der Waals surface area contributed by atoms with Crippen LogP contribution in [0.15, 0.2) is 48.5 Å². The molecule has 3 nitrogen and oxygen atoms in total. The van der Waals surface area contributed by atoms with E-state index in [9.17, 15) is 4.79 Å². The molecule has 0 radical (unpaired) electrons. The lowest BCUT2D eigenvalue weighted by atomic mass is 10.0. The molecule has 0 aliphatic carbocycles. The van der Waals surface area contributed by atoms with Gasteiger partial charge in [0.05, 0.1) is 7.11 Å². The Morgan fingerprint density at radius 3 is 2.05 bits per heavy atom. The Labute approximate surface area is 119 Å². The van der Waals surface area contributed by atoms with E-state index < -0.39 is 0 Å². The maximum Gasteiger partial charge on any atom is 0.162 e. The predicted octanol–water partition coefficient (Wildman–Crippen LogP) is 3.28. The molecule has 0 saturated carbocycles. The van der Waals surface area contributed by atoms with Crippen LogP contribution in [0, 0.1) is 0 Å². The van der Waals surface area contributed by atoms with Crippen molar-refractivity contribution >= 4 is 5.78 Å². The van der Waals surface area contributed by atoms with Crippen LogP contribution in [-0.2, 0) is 0 Å². The molecule has 0 bridgehead atoms. The minimum atomic E-state index is 0.150. The van der Waals surface area contributed by atoms with E-state index in [4.69, 9.17) is 10.5 Å². The van der Waals surface area contributed by atoms with Gasteiger partial charge in [-0.15, -0.1) is 0 Å². The number of Topliss-reactive ketones (excluding diaryl/α,β-unsaturated/α-hetero) is 1. The van der Waals surface area contributed by atoms with Gasteiger partial charge in [0.2, 0.25) is 0 Å². The summed E-state index contributed by atoms with van der Waals surface area (Å²) in [5.74, 6) is 0.985. The van der Waals surface area contributed by atoms with Crippen molar-refractivity contribution in [3.05, 3.63) is 54.1 Å². The lowest BCUT2D eigenvalue weighted by molar-refractivity contribution is 0.0981. The average molecular weight is 269 g/mol. The number of methoxy groups -OCH3 is 1. The fraction of sp³-hybridized carbons (Fsp3) is 0.235. The maximum atomic E-state index is 11.9. The minimum absolute atomic E-state index is 0.150. The van der Waals surface area contributed by atoms with Crippen LogP contribution in [-0.4, -0.2) is 19.4 Å². The quantitative estimate of drug-likeness (QED) is 0.819. The van der Waals surface area contributed by atoms with Crippen molar-refractivity contribution in [1.82, 2.24) is 0 Å². The van der Waals surface area contributed by atoms with Gasteiger partial charge >= 0.3 is 0 Å². The Balaban J connectivity index is 2.12. The van der Waals surface area contributed by atoms with Crippen molar-refractivity contribution in [3.8, 4) is 16.9 Å². The topological polar surface area (TPSA) is 52.3 Å². The Kier molecular flexibility index (Phi) is 4.91. The molecule has 0 unspecified atom stereocenters. The second-order valence-electron chi connectivity index (χ2n) is 4.62. The first-order chi connectivity index (χ1) is 9.74. The van der Waals surface area contributed by atoms with E-state index in [0.717, 1.165) is 28.9 Å².